The Balaban J connectivity index is 0.00000337. The molecular weight excluding hydrogens is 538 g/mol. The summed E-state index contributed by atoms with van der Waals surface area (Å²) in [6.45, 7) is 8.08. The van der Waals surface area contributed by atoms with Gasteiger partial charge in [-0.3, -0.25) is 4.79 Å². The van der Waals surface area contributed by atoms with Gasteiger partial charge in [0.2, 0.25) is 0 Å². The Bertz CT molecular complexity index is 1520. The van der Waals surface area contributed by atoms with E-state index >= 15 is 0 Å². The molecule has 3 heterocycles. The van der Waals surface area contributed by atoms with Crippen molar-refractivity contribution in [1.29, 1.82) is 0 Å². The zero-order valence-corrected chi connectivity index (χ0v) is 24.3. The average Bonchev–Trinajstić information content (AvgIpc) is 2.99. The minimum atomic E-state index is 0. The molecule has 0 amide bonds. The summed E-state index contributed by atoms with van der Waals surface area (Å²) in [5, 5.41) is 4.81. The van der Waals surface area contributed by atoms with E-state index in [0.717, 1.165) is 78.3 Å². The molecule has 2 aliphatic heterocycles. The molecule has 1 N–H and O–H groups in total. The molecule has 41 heavy (non-hydrogen) atoms. The first-order valence-corrected chi connectivity index (χ1v) is 14.3. The zero-order valence-electron chi connectivity index (χ0n) is 23.5. The van der Waals surface area contributed by atoms with E-state index in [2.05, 4.69) is 40.5 Å². The minimum absolute atomic E-state index is 0. The van der Waals surface area contributed by atoms with Gasteiger partial charge in [0.15, 0.2) is 11.5 Å². The van der Waals surface area contributed by atoms with Crippen molar-refractivity contribution >= 4 is 23.3 Å². The number of ether oxygens (including phenoxy) is 3. The molecule has 0 spiro atoms. The third kappa shape index (κ3) is 7.04. The van der Waals surface area contributed by atoms with Gasteiger partial charge in [0.1, 0.15) is 25.6 Å². The first-order chi connectivity index (χ1) is 19.6. The summed E-state index contributed by atoms with van der Waals surface area (Å²) >= 11 is 0. The molecule has 0 saturated carbocycles. The Kier molecular flexibility index (Phi) is 9.49. The van der Waals surface area contributed by atoms with Crippen molar-refractivity contribution < 1.29 is 14.2 Å². The van der Waals surface area contributed by atoms with Gasteiger partial charge in [0, 0.05) is 43.2 Å². The van der Waals surface area contributed by atoms with Crippen LogP contribution in [0, 0.1) is 6.92 Å². The number of piperidine rings is 1. The number of aromatic nitrogens is 1. The van der Waals surface area contributed by atoms with Crippen molar-refractivity contribution in [3.05, 3.63) is 99.8 Å². The molecule has 1 saturated heterocycles. The highest BCUT2D eigenvalue weighted by atomic mass is 35.5. The van der Waals surface area contributed by atoms with Crippen LogP contribution >= 0.6 is 12.4 Å². The maximum Gasteiger partial charge on any atom is 0.251 e. The van der Waals surface area contributed by atoms with Crippen molar-refractivity contribution in [2.45, 2.75) is 45.5 Å². The quantitative estimate of drug-likeness (QED) is 0.291. The second-order valence-electron chi connectivity index (χ2n) is 10.7. The van der Waals surface area contributed by atoms with Crippen LogP contribution in [0.15, 0.2) is 77.6 Å². The number of nitrogens with one attached hydrogen (secondary N) is 1. The summed E-state index contributed by atoms with van der Waals surface area (Å²) in [6, 6.07) is 24.6. The van der Waals surface area contributed by atoms with Crippen LogP contribution in [0.4, 0.5) is 0 Å². The molecule has 0 bridgehead atoms. The largest absolute Gasteiger partial charge is 0.489 e. The van der Waals surface area contributed by atoms with Crippen LogP contribution in [-0.4, -0.2) is 48.4 Å². The molecule has 8 heteroatoms. The first-order valence-electron chi connectivity index (χ1n) is 14.3. The van der Waals surface area contributed by atoms with Gasteiger partial charge in [-0.05, 0) is 73.8 Å². The second-order valence-corrected chi connectivity index (χ2v) is 10.7. The van der Waals surface area contributed by atoms with Crippen molar-refractivity contribution in [1.82, 2.24) is 14.8 Å². The van der Waals surface area contributed by atoms with Crippen molar-refractivity contribution in [2.75, 3.05) is 32.8 Å². The van der Waals surface area contributed by atoms with E-state index in [1.54, 1.807) is 6.07 Å². The smallest absolute Gasteiger partial charge is 0.251 e. The van der Waals surface area contributed by atoms with Crippen molar-refractivity contribution in [3.8, 4) is 17.2 Å². The molecule has 0 atom stereocenters. The number of benzene rings is 3. The van der Waals surface area contributed by atoms with Gasteiger partial charge in [-0.2, -0.15) is 0 Å². The number of hydrogen-bond acceptors (Lipinski definition) is 6. The zero-order chi connectivity index (χ0) is 27.3. The van der Waals surface area contributed by atoms with Crippen molar-refractivity contribution in [2.24, 2.45) is 0 Å². The van der Waals surface area contributed by atoms with E-state index in [9.17, 15) is 4.79 Å². The molecule has 1 fully saturated rings. The fourth-order valence-corrected chi connectivity index (χ4v) is 5.65. The molecule has 0 unspecified atom stereocenters. The molecule has 2 aliphatic rings. The average molecular weight is 576 g/mol. The normalized spacial score (nSPS) is 15.4. The van der Waals surface area contributed by atoms with Crippen LogP contribution in [0.3, 0.4) is 0 Å². The fraction of sp³-hybridized carbons (Fsp3) is 0.364. The Morgan fingerprint density at radius 2 is 1.66 bits per heavy atom. The predicted molar refractivity (Wildman–Crippen MR) is 165 cm³/mol. The topological polar surface area (TPSA) is 65.0 Å². The summed E-state index contributed by atoms with van der Waals surface area (Å²) < 4.78 is 19.3. The molecule has 0 aliphatic carbocycles. The second kappa shape index (κ2) is 13.4. The monoisotopic (exact) mass is 575 g/mol. The Labute approximate surface area is 247 Å². The first kappa shape index (κ1) is 29.0. The molecular formula is C33H38ClN3O4. The maximum absolute atomic E-state index is 13.1. The molecule has 1 aromatic heterocycles. The lowest BCUT2D eigenvalue weighted by Gasteiger charge is -2.32. The van der Waals surface area contributed by atoms with E-state index in [1.165, 1.54) is 5.56 Å². The minimum Gasteiger partial charge on any atom is -0.489 e. The fourth-order valence-electron chi connectivity index (χ4n) is 5.65. The summed E-state index contributed by atoms with van der Waals surface area (Å²) in [4.78, 5) is 15.5. The number of hydrogen-bond donors (Lipinski definition) is 1. The van der Waals surface area contributed by atoms with Gasteiger partial charge in [-0.1, -0.05) is 36.4 Å². The number of pyridine rings is 1. The van der Waals surface area contributed by atoms with Gasteiger partial charge in [-0.25, -0.2) is 0 Å². The van der Waals surface area contributed by atoms with Crippen molar-refractivity contribution in [3.63, 3.8) is 0 Å². The molecule has 7 nitrogen and oxygen atoms in total. The van der Waals surface area contributed by atoms with Gasteiger partial charge in [0.05, 0.1) is 5.52 Å². The van der Waals surface area contributed by atoms with E-state index in [-0.39, 0.29) is 18.0 Å². The number of rotatable bonds is 9. The molecule has 4 aromatic rings. The Hall–Kier alpha value is -3.52. The summed E-state index contributed by atoms with van der Waals surface area (Å²) in [7, 11) is 0. The molecule has 216 valence electrons. The van der Waals surface area contributed by atoms with Crippen LogP contribution in [0.5, 0.6) is 17.2 Å². The predicted octanol–water partition coefficient (Wildman–Crippen LogP) is 5.34. The molecule has 6 rings (SSSR count). The highest BCUT2D eigenvalue weighted by Gasteiger charge is 2.20. The van der Waals surface area contributed by atoms with Crippen LogP contribution in [0.25, 0.3) is 10.9 Å². The Morgan fingerprint density at radius 3 is 2.46 bits per heavy atom. The standard InChI is InChI=1S/C33H37N3O4.ClH/c1-24-19-33(37)36(30-21-28(8-9-29(24)30)40-23-25-5-3-2-4-6-25)16-15-35-13-11-27(12-14-35)34-22-26-7-10-31-32(20-26)39-18-17-38-31;/h2-10,19-21,27,34H,11-18,22-23H2,1H3;1H. The van der Waals surface area contributed by atoms with Gasteiger partial charge >= 0.3 is 0 Å². The van der Waals surface area contributed by atoms with E-state index in [1.807, 2.05) is 47.9 Å². The van der Waals surface area contributed by atoms with Gasteiger partial charge in [0.25, 0.3) is 5.56 Å². The third-order valence-electron chi connectivity index (χ3n) is 7.97. The number of aryl methyl sites for hydroxylation is 1. The molecule has 3 aromatic carbocycles. The lowest BCUT2D eigenvalue weighted by atomic mass is 10.0. The lowest BCUT2D eigenvalue weighted by molar-refractivity contribution is 0.171. The highest BCUT2D eigenvalue weighted by Crippen LogP contribution is 2.31. The third-order valence-corrected chi connectivity index (χ3v) is 7.97. The van der Waals surface area contributed by atoms with Crippen LogP contribution in [0.2, 0.25) is 0 Å². The van der Waals surface area contributed by atoms with E-state index < -0.39 is 0 Å². The highest BCUT2D eigenvalue weighted by molar-refractivity contribution is 5.85. The summed E-state index contributed by atoms with van der Waals surface area (Å²) in [5.41, 5.74) is 4.31. The van der Waals surface area contributed by atoms with Gasteiger partial charge in [-0.15, -0.1) is 12.4 Å². The lowest BCUT2D eigenvalue weighted by Crippen LogP contribution is -2.43. The number of likely N-dealkylation sites (tertiary alicyclic amines) is 1. The Morgan fingerprint density at radius 1 is 0.878 bits per heavy atom. The van der Waals surface area contributed by atoms with Crippen LogP contribution < -0.4 is 25.1 Å². The summed E-state index contributed by atoms with van der Waals surface area (Å²) in [6.07, 6.45) is 2.18. The summed E-state index contributed by atoms with van der Waals surface area (Å²) in [5.74, 6) is 2.45. The SMILES string of the molecule is Cc1cc(=O)n(CCN2CCC(NCc3ccc4c(c3)OCCO4)CC2)c2cc(OCc3ccccc3)ccc12.Cl. The molecule has 0 radical (unpaired) electrons. The van der Waals surface area contributed by atoms with E-state index in [0.29, 0.717) is 32.4 Å². The maximum atomic E-state index is 13.1. The number of halogens is 1. The van der Waals surface area contributed by atoms with Crippen LogP contribution in [0.1, 0.15) is 29.5 Å². The number of fused-ring (bicyclic) bond motifs is 2. The van der Waals surface area contributed by atoms with E-state index in [4.69, 9.17) is 14.2 Å². The van der Waals surface area contributed by atoms with Gasteiger partial charge < -0.3 is 29.0 Å². The number of nitrogens with zero attached hydrogens (tertiary/aromatic N) is 2. The van der Waals surface area contributed by atoms with Crippen LogP contribution in [-0.2, 0) is 19.7 Å².